The Hall–Kier alpha value is -3.38. The van der Waals surface area contributed by atoms with Crippen molar-refractivity contribution >= 4 is 27.5 Å². The maximum absolute atomic E-state index is 13.0. The van der Waals surface area contributed by atoms with Crippen LogP contribution < -0.4 is 14.3 Å². The summed E-state index contributed by atoms with van der Waals surface area (Å²) in [6, 6.07) is 22.4. The Kier molecular flexibility index (Phi) is 5.44. The van der Waals surface area contributed by atoms with E-state index in [0.717, 1.165) is 16.0 Å². The van der Waals surface area contributed by atoms with Crippen LogP contribution in [0, 0.1) is 0 Å². The van der Waals surface area contributed by atoms with Crippen molar-refractivity contribution in [2.75, 3.05) is 6.61 Å². The number of benzene rings is 3. The monoisotopic (exact) mass is 404 g/mol. The Labute approximate surface area is 172 Å². The van der Waals surface area contributed by atoms with Crippen molar-refractivity contribution in [2.24, 2.45) is 12.0 Å². The molecule has 146 valence electrons. The highest BCUT2D eigenvalue weighted by atomic mass is 32.1. The van der Waals surface area contributed by atoms with Gasteiger partial charge in [-0.25, -0.2) is 0 Å². The van der Waals surface area contributed by atoms with Crippen LogP contribution in [0.25, 0.3) is 10.2 Å². The standard InChI is InChI=1S/C23H20N2O3S/c1-3-27-19-14-9-15-20-21(19)25(2)23(29-20)24-22(26)17-12-7-8-13-18(17)28-16-10-5-4-6-11-16/h4-15H,3H2,1-2H3. The first-order chi connectivity index (χ1) is 14.2. The Morgan fingerprint density at radius 1 is 0.966 bits per heavy atom. The minimum atomic E-state index is -0.350. The zero-order valence-electron chi connectivity index (χ0n) is 16.2. The van der Waals surface area contributed by atoms with Gasteiger partial charge < -0.3 is 14.0 Å². The Morgan fingerprint density at radius 3 is 2.48 bits per heavy atom. The van der Waals surface area contributed by atoms with Gasteiger partial charge in [-0.05, 0) is 43.3 Å². The van der Waals surface area contributed by atoms with Crippen LogP contribution in [0.5, 0.6) is 17.2 Å². The van der Waals surface area contributed by atoms with E-state index in [-0.39, 0.29) is 5.91 Å². The number of para-hydroxylation sites is 3. The summed E-state index contributed by atoms with van der Waals surface area (Å²) in [7, 11) is 1.89. The quantitative estimate of drug-likeness (QED) is 0.461. The third kappa shape index (κ3) is 3.93. The van der Waals surface area contributed by atoms with Crippen molar-refractivity contribution in [2.45, 2.75) is 6.92 Å². The number of nitrogens with zero attached hydrogens (tertiary/aromatic N) is 2. The third-order valence-corrected chi connectivity index (χ3v) is 5.47. The average molecular weight is 404 g/mol. The van der Waals surface area contributed by atoms with Crippen molar-refractivity contribution < 1.29 is 14.3 Å². The van der Waals surface area contributed by atoms with Crippen LogP contribution in [0.2, 0.25) is 0 Å². The smallest absolute Gasteiger partial charge is 0.283 e. The van der Waals surface area contributed by atoms with Crippen LogP contribution in [0.4, 0.5) is 0 Å². The van der Waals surface area contributed by atoms with Crippen LogP contribution in [0.3, 0.4) is 0 Å². The lowest BCUT2D eigenvalue weighted by Crippen LogP contribution is -2.14. The van der Waals surface area contributed by atoms with Gasteiger partial charge in [0.05, 0.1) is 16.9 Å². The van der Waals surface area contributed by atoms with Crippen LogP contribution >= 0.6 is 11.3 Å². The van der Waals surface area contributed by atoms with E-state index in [0.29, 0.717) is 28.5 Å². The summed E-state index contributed by atoms with van der Waals surface area (Å²) in [6.07, 6.45) is 0. The summed E-state index contributed by atoms with van der Waals surface area (Å²) in [4.78, 5) is 18.0. The van der Waals surface area contributed by atoms with E-state index in [2.05, 4.69) is 4.99 Å². The lowest BCUT2D eigenvalue weighted by Gasteiger charge is -2.08. The second kappa shape index (κ2) is 8.32. The average Bonchev–Trinajstić information content (AvgIpc) is 3.05. The second-order valence-electron chi connectivity index (χ2n) is 6.31. The number of carbonyl (C=O) groups is 1. The van der Waals surface area contributed by atoms with Crippen molar-refractivity contribution in [3.8, 4) is 17.2 Å². The van der Waals surface area contributed by atoms with E-state index in [1.165, 1.54) is 11.3 Å². The maximum Gasteiger partial charge on any atom is 0.283 e. The van der Waals surface area contributed by atoms with Gasteiger partial charge in [-0.1, -0.05) is 47.7 Å². The van der Waals surface area contributed by atoms with Crippen LogP contribution in [0.1, 0.15) is 17.3 Å². The maximum atomic E-state index is 13.0. The number of aryl methyl sites for hydroxylation is 1. The van der Waals surface area contributed by atoms with Gasteiger partial charge in [0.15, 0.2) is 4.80 Å². The molecular formula is C23H20N2O3S. The van der Waals surface area contributed by atoms with Gasteiger partial charge in [0.2, 0.25) is 0 Å². The van der Waals surface area contributed by atoms with Gasteiger partial charge in [0, 0.05) is 7.05 Å². The molecule has 0 radical (unpaired) electrons. The zero-order chi connectivity index (χ0) is 20.2. The van der Waals surface area contributed by atoms with Gasteiger partial charge >= 0.3 is 0 Å². The summed E-state index contributed by atoms with van der Waals surface area (Å²) in [5.41, 5.74) is 1.35. The largest absolute Gasteiger partial charge is 0.492 e. The van der Waals surface area contributed by atoms with Gasteiger partial charge in [0.1, 0.15) is 22.8 Å². The number of aromatic nitrogens is 1. The lowest BCUT2D eigenvalue weighted by atomic mass is 10.2. The molecule has 1 aromatic heterocycles. The fraction of sp³-hybridized carbons (Fsp3) is 0.130. The first-order valence-electron chi connectivity index (χ1n) is 9.29. The molecule has 1 amide bonds. The predicted molar refractivity (Wildman–Crippen MR) is 115 cm³/mol. The number of ether oxygens (including phenoxy) is 2. The van der Waals surface area contributed by atoms with E-state index in [9.17, 15) is 4.79 Å². The van der Waals surface area contributed by atoms with Gasteiger partial charge in [0.25, 0.3) is 5.91 Å². The third-order valence-electron chi connectivity index (χ3n) is 4.37. The van der Waals surface area contributed by atoms with Crippen molar-refractivity contribution in [3.63, 3.8) is 0 Å². The SMILES string of the molecule is CCOc1cccc2sc(=NC(=O)c3ccccc3Oc3ccccc3)n(C)c12. The summed E-state index contributed by atoms with van der Waals surface area (Å²) >= 11 is 1.45. The first kappa shape index (κ1) is 19.0. The second-order valence-corrected chi connectivity index (χ2v) is 7.32. The molecule has 6 heteroatoms. The molecule has 3 aromatic carbocycles. The number of carbonyl (C=O) groups excluding carboxylic acids is 1. The van der Waals surface area contributed by atoms with Crippen molar-refractivity contribution in [1.82, 2.24) is 4.57 Å². The zero-order valence-corrected chi connectivity index (χ0v) is 17.0. The van der Waals surface area contributed by atoms with Gasteiger partial charge in [-0.2, -0.15) is 4.99 Å². The van der Waals surface area contributed by atoms with Gasteiger partial charge in [-0.15, -0.1) is 0 Å². The molecule has 0 spiro atoms. The first-order valence-corrected chi connectivity index (χ1v) is 10.1. The molecule has 5 nitrogen and oxygen atoms in total. The molecule has 0 N–H and O–H groups in total. The highest BCUT2D eigenvalue weighted by Crippen LogP contribution is 2.28. The Bertz CT molecular complexity index is 1230. The molecule has 0 saturated heterocycles. The molecule has 0 bridgehead atoms. The number of thiazole rings is 1. The highest BCUT2D eigenvalue weighted by molar-refractivity contribution is 7.16. The fourth-order valence-electron chi connectivity index (χ4n) is 3.04. The van der Waals surface area contributed by atoms with E-state index in [4.69, 9.17) is 9.47 Å². The lowest BCUT2D eigenvalue weighted by molar-refractivity contribution is 0.0995. The van der Waals surface area contributed by atoms with E-state index >= 15 is 0 Å². The van der Waals surface area contributed by atoms with Crippen LogP contribution in [-0.4, -0.2) is 17.1 Å². The summed E-state index contributed by atoms with van der Waals surface area (Å²) in [6.45, 7) is 2.52. The molecule has 1 heterocycles. The molecule has 0 atom stereocenters. The number of hydrogen-bond donors (Lipinski definition) is 0. The van der Waals surface area contributed by atoms with Gasteiger partial charge in [-0.3, -0.25) is 4.79 Å². The summed E-state index contributed by atoms with van der Waals surface area (Å²) in [5.74, 6) is 1.58. The topological polar surface area (TPSA) is 52.8 Å². The van der Waals surface area contributed by atoms with E-state index in [1.807, 2.05) is 73.1 Å². The van der Waals surface area contributed by atoms with E-state index in [1.54, 1.807) is 18.2 Å². The molecule has 0 saturated carbocycles. The molecule has 4 aromatic rings. The predicted octanol–water partition coefficient (Wildman–Crippen LogP) is 5.17. The molecule has 0 aliphatic rings. The Morgan fingerprint density at radius 2 is 1.69 bits per heavy atom. The van der Waals surface area contributed by atoms with Crippen molar-refractivity contribution in [1.29, 1.82) is 0 Å². The molecule has 4 rings (SSSR count). The number of rotatable bonds is 5. The molecule has 0 aliphatic heterocycles. The summed E-state index contributed by atoms with van der Waals surface area (Å²) in [5, 5.41) is 0. The fourth-order valence-corrected chi connectivity index (χ4v) is 4.08. The molecule has 0 fully saturated rings. The summed E-state index contributed by atoms with van der Waals surface area (Å²) < 4.78 is 14.5. The van der Waals surface area contributed by atoms with E-state index < -0.39 is 0 Å². The molecular weight excluding hydrogens is 384 g/mol. The number of fused-ring (bicyclic) bond motifs is 1. The normalized spacial score (nSPS) is 11.6. The van der Waals surface area contributed by atoms with Crippen molar-refractivity contribution in [3.05, 3.63) is 83.2 Å². The Balaban J connectivity index is 1.74. The van der Waals surface area contributed by atoms with Crippen LogP contribution in [0.15, 0.2) is 77.8 Å². The minimum absolute atomic E-state index is 0.350. The number of amides is 1. The molecule has 0 aliphatic carbocycles. The minimum Gasteiger partial charge on any atom is -0.492 e. The van der Waals surface area contributed by atoms with Crippen LogP contribution in [-0.2, 0) is 7.05 Å². The molecule has 0 unspecified atom stereocenters. The highest BCUT2D eigenvalue weighted by Gasteiger charge is 2.14. The number of hydrogen-bond acceptors (Lipinski definition) is 4. The molecule has 29 heavy (non-hydrogen) atoms.